The Balaban J connectivity index is 1.50. The minimum Gasteiger partial charge on any atom is -0.316 e. The van der Waals surface area contributed by atoms with Crippen LogP contribution >= 0.6 is 11.8 Å². The zero-order chi connectivity index (χ0) is 23.0. The molecule has 2 amide bonds. The molecule has 164 valence electrons. The van der Waals surface area contributed by atoms with Crippen molar-refractivity contribution in [2.45, 2.75) is 10.1 Å². The molecule has 4 aromatic rings. The van der Waals surface area contributed by atoms with E-state index in [1.807, 2.05) is 0 Å². The molecule has 9 nitrogen and oxygen atoms in total. The lowest BCUT2D eigenvalue weighted by Crippen LogP contribution is -2.37. The summed E-state index contributed by atoms with van der Waals surface area (Å²) in [5.74, 6) is -0.382. The molecule has 0 saturated heterocycles. The fraction of sp³-hybridized carbons (Fsp3) is 0.143. The maximum absolute atomic E-state index is 13.0. The molecule has 2 aromatic heterocycles. The summed E-state index contributed by atoms with van der Waals surface area (Å²) < 4.78 is 17.0. The summed E-state index contributed by atoms with van der Waals surface area (Å²) in [7, 11) is 4.73. The number of benzene rings is 2. The van der Waals surface area contributed by atoms with Crippen LogP contribution in [0, 0.1) is 5.82 Å². The third-order valence-corrected chi connectivity index (χ3v) is 5.91. The van der Waals surface area contributed by atoms with E-state index in [-0.39, 0.29) is 5.82 Å². The molecule has 2 aromatic carbocycles. The van der Waals surface area contributed by atoms with E-state index in [9.17, 15) is 18.8 Å². The van der Waals surface area contributed by atoms with Crippen LogP contribution in [0.3, 0.4) is 0 Å². The molecule has 0 aliphatic heterocycles. The molecule has 0 atom stereocenters. The molecule has 0 unspecified atom stereocenters. The number of halogens is 1. The molecule has 4 rings (SSSR count). The third-order valence-electron chi connectivity index (χ3n) is 4.86. The predicted molar refractivity (Wildman–Crippen MR) is 121 cm³/mol. The largest absolute Gasteiger partial charge is 0.332 e. The van der Waals surface area contributed by atoms with Crippen LogP contribution in [0.5, 0.6) is 0 Å². The maximum Gasteiger partial charge on any atom is 0.332 e. The molecular formula is C21H19FN6O3S. The van der Waals surface area contributed by atoms with Crippen molar-refractivity contribution in [1.82, 2.24) is 18.7 Å². The van der Waals surface area contributed by atoms with Gasteiger partial charge in [0.1, 0.15) is 5.82 Å². The van der Waals surface area contributed by atoms with Gasteiger partial charge in [0.25, 0.3) is 5.56 Å². The lowest BCUT2D eigenvalue weighted by atomic mass is 10.3. The van der Waals surface area contributed by atoms with Crippen LogP contribution in [0.4, 0.5) is 20.6 Å². The zero-order valence-electron chi connectivity index (χ0n) is 17.4. The monoisotopic (exact) mass is 454 g/mol. The average molecular weight is 454 g/mol. The highest BCUT2D eigenvalue weighted by molar-refractivity contribution is 7.99. The number of urea groups is 1. The second-order valence-corrected chi connectivity index (χ2v) is 8.08. The van der Waals surface area contributed by atoms with Crippen molar-refractivity contribution >= 4 is 40.3 Å². The molecule has 11 heteroatoms. The molecule has 0 radical (unpaired) electrons. The van der Waals surface area contributed by atoms with Gasteiger partial charge in [0.15, 0.2) is 16.3 Å². The van der Waals surface area contributed by atoms with Gasteiger partial charge in [0.2, 0.25) is 0 Å². The van der Waals surface area contributed by atoms with E-state index in [2.05, 4.69) is 15.6 Å². The zero-order valence-corrected chi connectivity index (χ0v) is 18.2. The number of amides is 2. The van der Waals surface area contributed by atoms with Gasteiger partial charge in [0.05, 0.1) is 0 Å². The standard InChI is InChI=1S/C21H19FN6O3S/c1-26-16-17(27(2)21(31)28(3)18(16)29)25-20(26)32-15-10-8-14(9-11-15)24-19(30)23-13-6-4-12(22)5-7-13/h4-11H,1-3H3,(H2,23,24,30). The number of hydrogen-bond donors (Lipinski definition) is 2. The van der Waals surface area contributed by atoms with Crippen molar-refractivity contribution in [3.05, 3.63) is 75.2 Å². The van der Waals surface area contributed by atoms with Gasteiger partial charge in [-0.3, -0.25) is 13.9 Å². The van der Waals surface area contributed by atoms with Gasteiger partial charge < -0.3 is 15.2 Å². The second kappa shape index (κ2) is 8.35. The fourth-order valence-corrected chi connectivity index (χ4v) is 3.97. The number of imidazole rings is 1. The van der Waals surface area contributed by atoms with Crippen LogP contribution in [0.25, 0.3) is 11.2 Å². The topological polar surface area (TPSA) is 103 Å². The van der Waals surface area contributed by atoms with E-state index < -0.39 is 17.3 Å². The number of rotatable bonds is 4. The normalized spacial score (nSPS) is 11.0. The molecule has 2 N–H and O–H groups in total. The maximum atomic E-state index is 13.0. The van der Waals surface area contributed by atoms with Crippen molar-refractivity contribution in [3.8, 4) is 0 Å². The minimum absolute atomic E-state index is 0.318. The SMILES string of the molecule is Cn1c(=O)c2c(nc(Sc3ccc(NC(=O)Nc4ccc(F)cc4)cc3)n2C)n(C)c1=O. The first kappa shape index (κ1) is 21.4. The highest BCUT2D eigenvalue weighted by atomic mass is 32.2. The molecule has 0 aliphatic carbocycles. The van der Waals surface area contributed by atoms with E-state index >= 15 is 0 Å². The van der Waals surface area contributed by atoms with Gasteiger partial charge in [-0.25, -0.2) is 19.0 Å². The highest BCUT2D eigenvalue weighted by Crippen LogP contribution is 2.29. The van der Waals surface area contributed by atoms with Crippen LogP contribution < -0.4 is 21.9 Å². The lowest BCUT2D eigenvalue weighted by molar-refractivity contribution is 0.262. The summed E-state index contributed by atoms with van der Waals surface area (Å²) in [6, 6.07) is 12.1. The quantitative estimate of drug-likeness (QED) is 0.494. The molecule has 32 heavy (non-hydrogen) atoms. The number of hydrogen-bond acceptors (Lipinski definition) is 5. The third kappa shape index (κ3) is 4.02. The first-order valence-electron chi connectivity index (χ1n) is 9.48. The van der Waals surface area contributed by atoms with Crippen molar-refractivity contribution < 1.29 is 9.18 Å². The van der Waals surface area contributed by atoms with Gasteiger partial charge in [-0.05, 0) is 48.5 Å². The Kier molecular flexibility index (Phi) is 5.57. The number of carbonyl (C=O) groups is 1. The van der Waals surface area contributed by atoms with E-state index in [1.54, 1.807) is 42.9 Å². The van der Waals surface area contributed by atoms with Crippen molar-refractivity contribution in [3.63, 3.8) is 0 Å². The fourth-order valence-electron chi connectivity index (χ4n) is 3.13. The number of aryl methyl sites for hydroxylation is 2. The van der Waals surface area contributed by atoms with E-state index in [0.29, 0.717) is 27.7 Å². The first-order chi connectivity index (χ1) is 15.2. The van der Waals surface area contributed by atoms with Crippen LogP contribution in [-0.4, -0.2) is 24.7 Å². The minimum atomic E-state index is -0.455. The summed E-state index contributed by atoms with van der Waals surface area (Å²) in [5.41, 5.74) is 0.851. The number of anilines is 2. The Hall–Kier alpha value is -3.86. The summed E-state index contributed by atoms with van der Waals surface area (Å²) >= 11 is 1.33. The summed E-state index contributed by atoms with van der Waals surface area (Å²) in [6.07, 6.45) is 0. The van der Waals surface area contributed by atoms with Gasteiger partial charge in [-0.15, -0.1) is 0 Å². The van der Waals surface area contributed by atoms with Crippen LogP contribution in [0.2, 0.25) is 0 Å². The van der Waals surface area contributed by atoms with Gasteiger partial charge >= 0.3 is 11.7 Å². The Bertz CT molecular complexity index is 1440. The van der Waals surface area contributed by atoms with Crippen LogP contribution in [0.15, 0.2) is 68.2 Å². The number of aromatic nitrogens is 4. The first-order valence-corrected chi connectivity index (χ1v) is 10.3. The molecule has 0 spiro atoms. The number of nitrogens with zero attached hydrogens (tertiary/aromatic N) is 4. The van der Waals surface area contributed by atoms with Gasteiger partial charge in [0, 0.05) is 37.4 Å². The van der Waals surface area contributed by atoms with Crippen LogP contribution in [-0.2, 0) is 21.1 Å². The second-order valence-electron chi connectivity index (χ2n) is 7.04. The average Bonchev–Trinajstić information content (AvgIpc) is 3.10. The van der Waals surface area contributed by atoms with E-state index in [1.165, 1.54) is 47.6 Å². The predicted octanol–water partition coefficient (Wildman–Crippen LogP) is 2.91. The van der Waals surface area contributed by atoms with Crippen LogP contribution in [0.1, 0.15) is 0 Å². The highest BCUT2D eigenvalue weighted by Gasteiger charge is 2.17. The molecule has 2 heterocycles. The molecule has 0 bridgehead atoms. The van der Waals surface area contributed by atoms with Gasteiger partial charge in [-0.1, -0.05) is 11.8 Å². The molecule has 0 saturated carbocycles. The lowest BCUT2D eigenvalue weighted by Gasteiger charge is -2.08. The summed E-state index contributed by atoms with van der Waals surface area (Å²) in [5, 5.41) is 5.87. The van der Waals surface area contributed by atoms with Gasteiger partial charge in [-0.2, -0.15) is 0 Å². The summed E-state index contributed by atoms with van der Waals surface area (Å²) in [4.78, 5) is 42.1. The Morgan fingerprint density at radius 1 is 0.875 bits per heavy atom. The Morgan fingerprint density at radius 2 is 1.44 bits per heavy atom. The summed E-state index contributed by atoms with van der Waals surface area (Å²) in [6.45, 7) is 0. The van der Waals surface area contributed by atoms with Crippen molar-refractivity contribution in [2.75, 3.05) is 10.6 Å². The number of nitrogens with one attached hydrogen (secondary N) is 2. The Morgan fingerprint density at radius 3 is 2.03 bits per heavy atom. The van der Waals surface area contributed by atoms with E-state index in [0.717, 1.165) is 9.46 Å². The van der Waals surface area contributed by atoms with Crippen molar-refractivity contribution in [2.24, 2.45) is 21.1 Å². The van der Waals surface area contributed by atoms with E-state index in [4.69, 9.17) is 0 Å². The number of fused-ring (bicyclic) bond motifs is 1. The molecule has 0 fully saturated rings. The number of carbonyl (C=O) groups excluding carboxylic acids is 1. The smallest absolute Gasteiger partial charge is 0.316 e. The Labute approximate surface area is 185 Å². The van der Waals surface area contributed by atoms with Crippen molar-refractivity contribution in [1.29, 1.82) is 0 Å². The molecule has 0 aliphatic rings. The molecular weight excluding hydrogens is 435 g/mol.